The van der Waals surface area contributed by atoms with Crippen molar-refractivity contribution in [3.8, 4) is 0 Å². The van der Waals surface area contributed by atoms with Gasteiger partial charge in [0.1, 0.15) is 17.8 Å². The maximum absolute atomic E-state index is 11.9. The molecule has 0 aromatic carbocycles. The Hall–Kier alpha value is -1.97. The lowest BCUT2D eigenvalue weighted by Crippen LogP contribution is -2.43. The lowest BCUT2D eigenvalue weighted by Gasteiger charge is -2.35. The summed E-state index contributed by atoms with van der Waals surface area (Å²) in [7, 11) is 0. The highest BCUT2D eigenvalue weighted by Crippen LogP contribution is 2.50. The summed E-state index contributed by atoms with van der Waals surface area (Å²) in [6.07, 6.45) is 0.232. The van der Waals surface area contributed by atoms with Gasteiger partial charge in [-0.25, -0.2) is 4.98 Å². The van der Waals surface area contributed by atoms with Gasteiger partial charge in [-0.05, 0) is 11.8 Å². The number of nitrogens with zero attached hydrogens (tertiary/aromatic N) is 3. The molecule has 2 aromatic heterocycles. The molecule has 4 heterocycles. The van der Waals surface area contributed by atoms with Crippen LogP contribution < -0.4 is 11.3 Å². The van der Waals surface area contributed by atoms with Crippen LogP contribution in [0.25, 0.3) is 11.2 Å². The van der Waals surface area contributed by atoms with Crippen molar-refractivity contribution in [3.63, 3.8) is 0 Å². The van der Waals surface area contributed by atoms with E-state index in [4.69, 9.17) is 15.2 Å². The van der Waals surface area contributed by atoms with E-state index < -0.39 is 29.6 Å². The first kappa shape index (κ1) is 15.6. The molecule has 24 heavy (non-hydrogen) atoms. The second-order valence-electron chi connectivity index (χ2n) is 7.81. The fourth-order valence-corrected chi connectivity index (χ4v) is 3.80. The maximum atomic E-state index is 11.9. The van der Waals surface area contributed by atoms with E-state index in [-0.39, 0.29) is 16.9 Å². The molecule has 2 aliphatic rings. The Bertz CT molecular complexity index is 854. The Morgan fingerprint density at radius 2 is 2.29 bits per heavy atom. The Morgan fingerprint density at radius 3 is 3.00 bits per heavy atom. The molecule has 9 nitrogen and oxygen atoms in total. The highest BCUT2D eigenvalue weighted by Gasteiger charge is 2.62. The molecule has 0 aliphatic carbocycles. The predicted octanol–water partition coefficient (Wildman–Crippen LogP) is 0.165. The molecular formula is C15H21N5O4. The first-order valence-electron chi connectivity index (χ1n) is 7.90. The van der Waals surface area contributed by atoms with Crippen molar-refractivity contribution >= 4 is 17.1 Å². The standard InChI is InChI=1S/C15H21N5O4/c1-14(2,3)4-15-5-23-8(9(15)21)12(24-15)20-6-17-7-10(20)18-13(16)19-11(7)22/h6,8-9,12,21H,4-5H2,1-3H3,(H3,16,18,19,22)/t8?,9?,12?,15-/m1/s1. The number of ether oxygens (including phenoxy) is 2. The van der Waals surface area contributed by atoms with Crippen LogP contribution in [0, 0.1) is 5.41 Å². The topological polar surface area (TPSA) is 128 Å². The van der Waals surface area contributed by atoms with E-state index in [9.17, 15) is 9.90 Å². The number of hydrogen-bond acceptors (Lipinski definition) is 7. The van der Waals surface area contributed by atoms with Gasteiger partial charge in [0.05, 0.1) is 12.9 Å². The van der Waals surface area contributed by atoms with Crippen LogP contribution in [0.2, 0.25) is 0 Å². The van der Waals surface area contributed by atoms with E-state index >= 15 is 0 Å². The van der Waals surface area contributed by atoms with Gasteiger partial charge < -0.3 is 20.3 Å². The normalized spacial score (nSPS) is 32.8. The van der Waals surface area contributed by atoms with Crippen LogP contribution in [-0.2, 0) is 9.47 Å². The molecule has 4 rings (SSSR count). The van der Waals surface area contributed by atoms with Gasteiger partial charge in [0.15, 0.2) is 17.4 Å². The number of nitrogen functional groups attached to an aromatic ring is 1. The number of anilines is 1. The number of rotatable bonds is 2. The van der Waals surface area contributed by atoms with Crippen LogP contribution in [0.3, 0.4) is 0 Å². The van der Waals surface area contributed by atoms with Crippen molar-refractivity contribution in [3.05, 3.63) is 16.7 Å². The lowest BCUT2D eigenvalue weighted by molar-refractivity contribution is -0.182. The van der Waals surface area contributed by atoms with E-state index in [0.717, 1.165) is 0 Å². The number of H-pyrrole nitrogens is 1. The molecule has 2 aromatic rings. The maximum Gasteiger partial charge on any atom is 0.280 e. The molecule has 0 radical (unpaired) electrons. The van der Waals surface area contributed by atoms with E-state index in [1.165, 1.54) is 6.33 Å². The number of hydrogen-bond donors (Lipinski definition) is 3. The third-order valence-corrected chi connectivity index (χ3v) is 4.56. The highest BCUT2D eigenvalue weighted by molar-refractivity contribution is 5.70. The van der Waals surface area contributed by atoms with E-state index in [2.05, 4.69) is 35.7 Å². The van der Waals surface area contributed by atoms with Gasteiger partial charge in [-0.15, -0.1) is 0 Å². The highest BCUT2D eigenvalue weighted by atomic mass is 16.6. The number of nitrogens with one attached hydrogen (secondary N) is 1. The number of aliphatic hydroxyl groups is 1. The average molecular weight is 335 g/mol. The summed E-state index contributed by atoms with van der Waals surface area (Å²) < 4.78 is 13.6. The molecule has 4 N–H and O–H groups in total. The Morgan fingerprint density at radius 1 is 1.54 bits per heavy atom. The van der Waals surface area contributed by atoms with Gasteiger partial charge in [-0.3, -0.25) is 14.3 Å². The van der Waals surface area contributed by atoms with Crippen molar-refractivity contribution < 1.29 is 14.6 Å². The number of fused-ring (bicyclic) bond motifs is 3. The summed E-state index contributed by atoms with van der Waals surface area (Å²) in [5.41, 5.74) is 4.91. The van der Waals surface area contributed by atoms with Gasteiger partial charge >= 0.3 is 0 Å². The quantitative estimate of drug-likeness (QED) is 0.713. The van der Waals surface area contributed by atoms with Crippen LogP contribution >= 0.6 is 0 Å². The average Bonchev–Trinajstić information content (AvgIpc) is 3.07. The van der Waals surface area contributed by atoms with E-state index in [0.29, 0.717) is 18.7 Å². The van der Waals surface area contributed by atoms with Gasteiger partial charge in [-0.1, -0.05) is 20.8 Å². The SMILES string of the molecule is CC(C)(C)C[C@]12COC(C(n3cnc4c(=O)[nH]c(N)nc43)O1)C2O. The third-order valence-electron chi connectivity index (χ3n) is 4.56. The summed E-state index contributed by atoms with van der Waals surface area (Å²) in [4.78, 5) is 22.6. The van der Waals surface area contributed by atoms with Gasteiger partial charge in [0.2, 0.25) is 5.95 Å². The zero-order chi connectivity index (χ0) is 17.3. The monoisotopic (exact) mass is 335 g/mol. The fourth-order valence-electron chi connectivity index (χ4n) is 3.80. The zero-order valence-corrected chi connectivity index (χ0v) is 13.8. The zero-order valence-electron chi connectivity index (χ0n) is 13.8. The van der Waals surface area contributed by atoms with E-state index in [1.54, 1.807) is 4.57 Å². The minimum atomic E-state index is -0.767. The van der Waals surface area contributed by atoms with Crippen LogP contribution in [0.15, 0.2) is 11.1 Å². The molecule has 2 saturated heterocycles. The summed E-state index contributed by atoms with van der Waals surface area (Å²) in [6, 6.07) is 0. The van der Waals surface area contributed by atoms with Crippen LogP contribution in [0.1, 0.15) is 33.4 Å². The smallest absolute Gasteiger partial charge is 0.280 e. The molecule has 2 fully saturated rings. The van der Waals surface area contributed by atoms with Crippen molar-refractivity contribution in [1.82, 2.24) is 19.5 Å². The summed E-state index contributed by atoms with van der Waals surface area (Å²) in [5, 5.41) is 10.7. The molecule has 9 heteroatoms. The van der Waals surface area contributed by atoms with E-state index in [1.807, 2.05) is 0 Å². The summed E-state index contributed by atoms with van der Waals surface area (Å²) in [5.74, 6) is 0.00304. The molecule has 0 amide bonds. The van der Waals surface area contributed by atoms with Gasteiger partial charge in [0.25, 0.3) is 5.56 Å². The first-order valence-corrected chi connectivity index (χ1v) is 7.90. The molecule has 0 saturated carbocycles. The van der Waals surface area contributed by atoms with Gasteiger partial charge in [-0.2, -0.15) is 4.98 Å². The minimum Gasteiger partial charge on any atom is -0.387 e. The second-order valence-corrected chi connectivity index (χ2v) is 7.81. The van der Waals surface area contributed by atoms with Crippen molar-refractivity contribution in [2.45, 2.75) is 51.2 Å². The number of aromatic amines is 1. The molecule has 4 atom stereocenters. The van der Waals surface area contributed by atoms with Crippen LogP contribution in [-0.4, -0.2) is 49.0 Å². The van der Waals surface area contributed by atoms with Crippen molar-refractivity contribution in [1.29, 1.82) is 0 Å². The van der Waals surface area contributed by atoms with Crippen molar-refractivity contribution in [2.75, 3.05) is 12.3 Å². The molecule has 3 unspecified atom stereocenters. The van der Waals surface area contributed by atoms with Crippen molar-refractivity contribution in [2.24, 2.45) is 5.41 Å². The Kier molecular flexibility index (Phi) is 3.09. The number of aromatic nitrogens is 4. The van der Waals surface area contributed by atoms with Crippen LogP contribution in [0.4, 0.5) is 5.95 Å². The summed E-state index contributed by atoms with van der Waals surface area (Å²) >= 11 is 0. The number of imidazole rings is 1. The second kappa shape index (κ2) is 4.78. The molecule has 2 aliphatic heterocycles. The minimum absolute atomic E-state index is 0.00304. The fraction of sp³-hybridized carbons (Fsp3) is 0.667. The van der Waals surface area contributed by atoms with Crippen LogP contribution in [0.5, 0.6) is 0 Å². The third kappa shape index (κ3) is 2.15. The molecule has 0 spiro atoms. The first-order chi connectivity index (χ1) is 11.2. The molecular weight excluding hydrogens is 314 g/mol. The Balaban J connectivity index is 1.76. The number of nitrogens with two attached hydrogens (primary N) is 1. The molecule has 130 valence electrons. The lowest BCUT2D eigenvalue weighted by atomic mass is 9.80. The Labute approximate surface area is 137 Å². The summed E-state index contributed by atoms with van der Waals surface area (Å²) in [6.45, 7) is 6.61. The predicted molar refractivity (Wildman–Crippen MR) is 85.2 cm³/mol. The number of aliphatic hydroxyl groups excluding tert-OH is 1. The van der Waals surface area contributed by atoms with Gasteiger partial charge in [0, 0.05) is 0 Å². The molecule has 2 bridgehead atoms. The largest absolute Gasteiger partial charge is 0.387 e.